The van der Waals surface area contributed by atoms with Crippen molar-refractivity contribution in [3.63, 3.8) is 0 Å². The first-order chi connectivity index (χ1) is 7.65. The van der Waals surface area contributed by atoms with Gasteiger partial charge in [-0.25, -0.2) is 4.98 Å². The van der Waals surface area contributed by atoms with Crippen molar-refractivity contribution in [3.05, 3.63) is 36.3 Å². The van der Waals surface area contributed by atoms with Crippen molar-refractivity contribution in [2.45, 2.75) is 0 Å². The molecule has 16 heavy (non-hydrogen) atoms. The minimum Gasteiger partial charge on any atom is -0.384 e. The first kappa shape index (κ1) is 10.2. The summed E-state index contributed by atoms with van der Waals surface area (Å²) in [6.45, 7) is 0. The van der Waals surface area contributed by atoms with E-state index in [1.807, 2.05) is 0 Å². The maximum atomic E-state index is 11.7. The molecule has 0 unspecified atom stereocenters. The number of nitrogen functional groups attached to an aromatic ring is 1. The number of pyridine rings is 1. The zero-order chi connectivity index (χ0) is 11.5. The molecule has 0 aliphatic rings. The quantitative estimate of drug-likeness (QED) is 0.773. The fourth-order valence-corrected chi connectivity index (χ4v) is 1.22. The Kier molecular flexibility index (Phi) is 2.55. The van der Waals surface area contributed by atoms with E-state index in [1.54, 1.807) is 30.1 Å². The number of rotatable bonds is 2. The van der Waals surface area contributed by atoms with Gasteiger partial charge in [0.2, 0.25) is 0 Å². The maximum Gasteiger partial charge on any atom is 0.258 e. The van der Waals surface area contributed by atoms with Crippen LogP contribution in [0.25, 0.3) is 0 Å². The highest BCUT2D eigenvalue weighted by molar-refractivity contribution is 6.03. The lowest BCUT2D eigenvalue weighted by Crippen LogP contribution is -2.11. The van der Waals surface area contributed by atoms with Crippen LogP contribution in [0.3, 0.4) is 0 Å². The predicted octanol–water partition coefficient (Wildman–Crippen LogP) is 0.650. The Labute approximate surface area is 92.1 Å². The van der Waals surface area contributed by atoms with Crippen LogP contribution in [0.4, 0.5) is 11.5 Å². The molecule has 3 N–H and O–H groups in total. The standard InChI is InChI=1S/C10H11N5O/c1-15-6-7(4-13-15)10(16)14-8-2-3-9(11)12-5-8/h2-6H,1H3,(H2,11,12)(H,14,16). The largest absolute Gasteiger partial charge is 0.384 e. The van der Waals surface area contributed by atoms with Crippen molar-refractivity contribution in [1.29, 1.82) is 0 Å². The average Bonchev–Trinajstić information content (AvgIpc) is 2.68. The van der Waals surface area contributed by atoms with Gasteiger partial charge in [0.15, 0.2) is 0 Å². The average molecular weight is 217 g/mol. The van der Waals surface area contributed by atoms with Gasteiger partial charge in [-0.3, -0.25) is 9.48 Å². The first-order valence-electron chi connectivity index (χ1n) is 4.66. The minimum absolute atomic E-state index is 0.223. The van der Waals surface area contributed by atoms with Crippen molar-refractivity contribution in [2.24, 2.45) is 7.05 Å². The van der Waals surface area contributed by atoms with Gasteiger partial charge in [0, 0.05) is 13.2 Å². The molecule has 2 heterocycles. The van der Waals surface area contributed by atoms with Crippen LogP contribution in [0.1, 0.15) is 10.4 Å². The third kappa shape index (κ3) is 2.17. The van der Waals surface area contributed by atoms with Gasteiger partial charge >= 0.3 is 0 Å². The molecule has 0 aliphatic carbocycles. The van der Waals surface area contributed by atoms with Crippen LogP contribution in [0.5, 0.6) is 0 Å². The van der Waals surface area contributed by atoms with Gasteiger partial charge in [-0.15, -0.1) is 0 Å². The summed E-state index contributed by atoms with van der Waals surface area (Å²) in [4.78, 5) is 15.6. The van der Waals surface area contributed by atoms with E-state index < -0.39 is 0 Å². The van der Waals surface area contributed by atoms with Crippen molar-refractivity contribution < 1.29 is 4.79 Å². The molecule has 1 amide bonds. The molecular formula is C10H11N5O. The lowest BCUT2D eigenvalue weighted by molar-refractivity contribution is 0.102. The third-order valence-electron chi connectivity index (χ3n) is 2.01. The van der Waals surface area contributed by atoms with Gasteiger partial charge in [0.25, 0.3) is 5.91 Å². The third-order valence-corrected chi connectivity index (χ3v) is 2.01. The number of aromatic nitrogens is 3. The lowest BCUT2D eigenvalue weighted by atomic mass is 10.3. The number of amides is 1. The van der Waals surface area contributed by atoms with E-state index in [1.165, 1.54) is 12.4 Å². The molecule has 0 bridgehead atoms. The number of carbonyl (C=O) groups excluding carboxylic acids is 1. The van der Waals surface area contributed by atoms with Crippen LogP contribution in [-0.4, -0.2) is 20.7 Å². The van der Waals surface area contributed by atoms with E-state index in [0.717, 1.165) is 0 Å². The number of hydrogen-bond donors (Lipinski definition) is 2. The summed E-state index contributed by atoms with van der Waals surface area (Å²) in [5, 5.41) is 6.60. The van der Waals surface area contributed by atoms with Gasteiger partial charge < -0.3 is 11.1 Å². The van der Waals surface area contributed by atoms with Gasteiger partial charge in [0.1, 0.15) is 5.82 Å². The second kappa shape index (κ2) is 4.01. The van der Waals surface area contributed by atoms with Gasteiger partial charge in [0.05, 0.1) is 23.6 Å². The van der Waals surface area contributed by atoms with Gasteiger partial charge in [-0.2, -0.15) is 5.10 Å². The Hall–Kier alpha value is -2.37. The molecule has 0 aliphatic heterocycles. The molecule has 2 rings (SSSR count). The van der Waals surface area contributed by atoms with E-state index in [0.29, 0.717) is 17.1 Å². The smallest absolute Gasteiger partial charge is 0.258 e. The van der Waals surface area contributed by atoms with Crippen LogP contribution in [0.2, 0.25) is 0 Å². The molecular weight excluding hydrogens is 206 g/mol. The molecule has 6 nitrogen and oxygen atoms in total. The summed E-state index contributed by atoms with van der Waals surface area (Å²) < 4.78 is 1.57. The number of nitrogens with zero attached hydrogens (tertiary/aromatic N) is 3. The molecule has 0 aromatic carbocycles. The highest BCUT2D eigenvalue weighted by Gasteiger charge is 2.07. The van der Waals surface area contributed by atoms with Crippen molar-refractivity contribution in [2.75, 3.05) is 11.1 Å². The fraction of sp³-hybridized carbons (Fsp3) is 0.100. The van der Waals surface area contributed by atoms with Gasteiger partial charge in [-0.1, -0.05) is 0 Å². The van der Waals surface area contributed by atoms with E-state index in [2.05, 4.69) is 15.4 Å². The second-order valence-corrected chi connectivity index (χ2v) is 3.33. The van der Waals surface area contributed by atoms with Crippen molar-refractivity contribution in [3.8, 4) is 0 Å². The number of hydrogen-bond acceptors (Lipinski definition) is 4. The van der Waals surface area contributed by atoms with E-state index in [4.69, 9.17) is 5.73 Å². The van der Waals surface area contributed by atoms with E-state index in [-0.39, 0.29) is 5.91 Å². The van der Waals surface area contributed by atoms with E-state index in [9.17, 15) is 4.79 Å². The zero-order valence-corrected chi connectivity index (χ0v) is 8.71. The number of nitrogens with one attached hydrogen (secondary N) is 1. The first-order valence-corrected chi connectivity index (χ1v) is 4.66. The summed E-state index contributed by atoms with van der Waals surface area (Å²) in [6, 6.07) is 3.31. The van der Waals surface area contributed by atoms with E-state index >= 15 is 0 Å². The molecule has 0 atom stereocenters. The summed E-state index contributed by atoms with van der Waals surface area (Å²) in [6.07, 6.45) is 4.64. The van der Waals surface area contributed by atoms with Crippen LogP contribution in [0, 0.1) is 0 Å². The molecule has 0 spiro atoms. The molecule has 82 valence electrons. The van der Waals surface area contributed by atoms with Crippen LogP contribution in [-0.2, 0) is 7.05 Å². The predicted molar refractivity (Wildman–Crippen MR) is 59.8 cm³/mol. The number of anilines is 2. The Morgan fingerprint density at radius 2 is 2.25 bits per heavy atom. The Bertz CT molecular complexity index is 502. The topological polar surface area (TPSA) is 85.8 Å². The summed E-state index contributed by atoms with van der Waals surface area (Å²) in [5.41, 5.74) is 6.53. The van der Waals surface area contributed by atoms with Crippen LogP contribution >= 0.6 is 0 Å². The highest BCUT2D eigenvalue weighted by Crippen LogP contribution is 2.08. The summed E-state index contributed by atoms with van der Waals surface area (Å²) >= 11 is 0. The highest BCUT2D eigenvalue weighted by atomic mass is 16.1. The minimum atomic E-state index is -0.223. The number of aryl methyl sites for hydroxylation is 1. The molecule has 2 aromatic heterocycles. The zero-order valence-electron chi connectivity index (χ0n) is 8.71. The number of carbonyl (C=O) groups is 1. The Morgan fingerprint density at radius 3 is 2.81 bits per heavy atom. The van der Waals surface area contributed by atoms with Crippen LogP contribution in [0.15, 0.2) is 30.7 Å². The molecule has 6 heteroatoms. The van der Waals surface area contributed by atoms with Crippen LogP contribution < -0.4 is 11.1 Å². The van der Waals surface area contributed by atoms with Crippen molar-refractivity contribution >= 4 is 17.4 Å². The maximum absolute atomic E-state index is 11.7. The molecule has 2 aromatic rings. The number of nitrogens with two attached hydrogens (primary N) is 1. The normalized spacial score (nSPS) is 10.1. The van der Waals surface area contributed by atoms with Gasteiger partial charge in [-0.05, 0) is 12.1 Å². The summed E-state index contributed by atoms with van der Waals surface area (Å²) in [5.74, 6) is 0.194. The molecule has 0 saturated carbocycles. The molecule has 0 fully saturated rings. The second-order valence-electron chi connectivity index (χ2n) is 3.33. The monoisotopic (exact) mass is 217 g/mol. The molecule has 0 radical (unpaired) electrons. The summed E-state index contributed by atoms with van der Waals surface area (Å²) in [7, 11) is 1.75. The van der Waals surface area contributed by atoms with Crippen molar-refractivity contribution in [1.82, 2.24) is 14.8 Å². The molecule has 0 saturated heterocycles. The fourth-order valence-electron chi connectivity index (χ4n) is 1.22. The Balaban J connectivity index is 2.10. The Morgan fingerprint density at radius 1 is 1.44 bits per heavy atom. The SMILES string of the molecule is Cn1cc(C(=O)Nc2ccc(N)nc2)cn1. The lowest BCUT2D eigenvalue weighted by Gasteiger charge is -2.02.